The van der Waals surface area contributed by atoms with Gasteiger partial charge in [0.25, 0.3) is 0 Å². The fraction of sp³-hybridized carbons (Fsp3) is 0.200. The summed E-state index contributed by atoms with van der Waals surface area (Å²) in [6.07, 6.45) is 1.30. The van der Waals surface area contributed by atoms with Gasteiger partial charge in [-0.25, -0.2) is 9.92 Å². The Balaban J connectivity index is 2.86. The van der Waals surface area contributed by atoms with E-state index >= 15 is 0 Å². The van der Waals surface area contributed by atoms with Crippen LogP contribution in [0.4, 0.5) is 10.1 Å². The first-order valence-electron chi connectivity index (χ1n) is 4.38. The summed E-state index contributed by atoms with van der Waals surface area (Å²) >= 11 is 0. The van der Waals surface area contributed by atoms with Crippen molar-refractivity contribution in [3.63, 3.8) is 0 Å². The van der Waals surface area contributed by atoms with E-state index in [-0.39, 0.29) is 18.1 Å². The van der Waals surface area contributed by atoms with E-state index < -0.39 is 0 Å². The normalized spacial score (nSPS) is 11.3. The fourth-order valence-corrected chi connectivity index (χ4v) is 1.03. The van der Waals surface area contributed by atoms with Gasteiger partial charge in [0.2, 0.25) is 0 Å². The van der Waals surface area contributed by atoms with E-state index in [9.17, 15) is 4.39 Å². The molecule has 0 aliphatic heterocycles. The van der Waals surface area contributed by atoms with Gasteiger partial charge in [-0.05, 0) is 18.6 Å². The number of aliphatic hydroxyl groups is 1. The molecule has 0 atom stereocenters. The molecular weight excluding hydrogens is 197 g/mol. The second kappa shape index (κ2) is 5.21. The van der Waals surface area contributed by atoms with E-state index in [0.717, 1.165) is 0 Å². The summed E-state index contributed by atoms with van der Waals surface area (Å²) < 4.78 is 13.4. The van der Waals surface area contributed by atoms with Crippen molar-refractivity contribution < 1.29 is 9.50 Å². The molecule has 5 heteroatoms. The number of nitrogens with one attached hydrogen (secondary N) is 2. The third kappa shape index (κ3) is 2.85. The molecule has 1 aromatic carbocycles. The van der Waals surface area contributed by atoms with Crippen molar-refractivity contribution in [2.45, 2.75) is 6.92 Å². The molecule has 1 aromatic rings. The Kier molecular flexibility index (Phi) is 3.93. The average Bonchev–Trinajstić information content (AvgIpc) is 2.25. The second-order valence-electron chi connectivity index (χ2n) is 2.99. The molecule has 0 spiro atoms. The lowest BCUT2D eigenvalue weighted by Crippen LogP contribution is -1.97. The lowest BCUT2D eigenvalue weighted by atomic mass is 10.2. The Morgan fingerprint density at radius 1 is 1.67 bits per heavy atom. The molecule has 0 saturated heterocycles. The zero-order valence-corrected chi connectivity index (χ0v) is 8.29. The predicted molar refractivity (Wildman–Crippen MR) is 55.1 cm³/mol. The number of anilines is 1. The van der Waals surface area contributed by atoms with Crippen LogP contribution in [0.15, 0.2) is 35.2 Å². The molecule has 0 fully saturated rings. The minimum Gasteiger partial charge on any atom is -0.390 e. The lowest BCUT2D eigenvalue weighted by Gasteiger charge is -2.05. The van der Waals surface area contributed by atoms with Crippen LogP contribution in [-0.2, 0) is 0 Å². The minimum absolute atomic E-state index is 0.135. The Morgan fingerprint density at radius 3 is 3.00 bits per heavy atom. The van der Waals surface area contributed by atoms with Crippen molar-refractivity contribution in [3.05, 3.63) is 41.5 Å². The van der Waals surface area contributed by atoms with Crippen molar-refractivity contribution in [1.29, 1.82) is 5.53 Å². The Morgan fingerprint density at radius 2 is 2.40 bits per heavy atom. The van der Waals surface area contributed by atoms with Crippen molar-refractivity contribution in [3.8, 4) is 0 Å². The second-order valence-corrected chi connectivity index (χ2v) is 2.99. The molecule has 0 saturated carbocycles. The van der Waals surface area contributed by atoms with Gasteiger partial charge in [-0.3, -0.25) is 0 Å². The van der Waals surface area contributed by atoms with Crippen LogP contribution in [0, 0.1) is 18.3 Å². The van der Waals surface area contributed by atoms with Crippen LogP contribution in [-0.4, -0.2) is 11.7 Å². The Hall–Kier alpha value is -1.75. The fourth-order valence-electron chi connectivity index (χ4n) is 1.03. The highest BCUT2D eigenvalue weighted by molar-refractivity contribution is 5.49. The molecule has 3 N–H and O–H groups in total. The highest BCUT2D eigenvalue weighted by Gasteiger charge is 2.02. The van der Waals surface area contributed by atoms with Crippen LogP contribution in [0.3, 0.4) is 0 Å². The Labute approximate surface area is 86.9 Å². The van der Waals surface area contributed by atoms with Crippen molar-refractivity contribution in [1.82, 2.24) is 0 Å². The van der Waals surface area contributed by atoms with Crippen LogP contribution in [0.5, 0.6) is 0 Å². The van der Waals surface area contributed by atoms with Crippen molar-refractivity contribution in [2.75, 3.05) is 11.9 Å². The number of hydrogen-bond acceptors (Lipinski definition) is 4. The van der Waals surface area contributed by atoms with E-state index in [2.05, 4.69) is 10.4 Å². The molecule has 0 amide bonds. The van der Waals surface area contributed by atoms with Gasteiger partial charge in [-0.15, -0.1) is 0 Å². The molecule has 0 radical (unpaired) electrons. The Bertz CT molecular complexity index is 390. The first kappa shape index (κ1) is 11.3. The third-order valence-electron chi connectivity index (χ3n) is 1.89. The molecular formula is C10H12FN3O. The first-order chi connectivity index (χ1) is 7.19. The van der Waals surface area contributed by atoms with Crippen molar-refractivity contribution >= 4 is 5.69 Å². The number of aliphatic hydroxyl groups excluding tert-OH is 1. The van der Waals surface area contributed by atoms with Gasteiger partial charge in [0.15, 0.2) is 0 Å². The highest BCUT2D eigenvalue weighted by atomic mass is 19.1. The number of nitrogens with zero attached hydrogens (tertiary/aromatic N) is 1. The van der Waals surface area contributed by atoms with Crippen LogP contribution >= 0.6 is 0 Å². The maximum absolute atomic E-state index is 13.4. The number of halogens is 1. The maximum Gasteiger partial charge on any atom is 0.149 e. The van der Waals surface area contributed by atoms with Gasteiger partial charge >= 0.3 is 0 Å². The summed E-state index contributed by atoms with van der Waals surface area (Å²) in [6.45, 7) is 1.30. The molecule has 0 bridgehead atoms. The predicted octanol–water partition coefficient (Wildman–Crippen LogP) is 2.41. The first-order valence-corrected chi connectivity index (χ1v) is 4.38. The topological polar surface area (TPSA) is 68.5 Å². The van der Waals surface area contributed by atoms with E-state index in [1.54, 1.807) is 25.1 Å². The van der Waals surface area contributed by atoms with E-state index in [1.807, 2.05) is 0 Å². The van der Waals surface area contributed by atoms with Crippen LogP contribution in [0.2, 0.25) is 0 Å². The zero-order chi connectivity index (χ0) is 11.3. The van der Waals surface area contributed by atoms with Crippen LogP contribution in [0.1, 0.15) is 5.56 Å². The van der Waals surface area contributed by atoms with Crippen LogP contribution in [0.25, 0.3) is 0 Å². The highest BCUT2D eigenvalue weighted by Crippen LogP contribution is 2.17. The van der Waals surface area contributed by atoms with Gasteiger partial charge in [0.1, 0.15) is 11.5 Å². The van der Waals surface area contributed by atoms with E-state index in [0.29, 0.717) is 11.3 Å². The summed E-state index contributed by atoms with van der Waals surface area (Å²) in [5.74, 6) is -0.351. The van der Waals surface area contributed by atoms with Gasteiger partial charge in [0.05, 0.1) is 12.3 Å². The van der Waals surface area contributed by atoms with Gasteiger partial charge < -0.3 is 10.4 Å². The zero-order valence-electron chi connectivity index (χ0n) is 8.29. The molecule has 0 unspecified atom stereocenters. The van der Waals surface area contributed by atoms with E-state index in [4.69, 9.17) is 10.6 Å². The summed E-state index contributed by atoms with van der Waals surface area (Å²) in [4.78, 5) is 0. The lowest BCUT2D eigenvalue weighted by molar-refractivity contribution is 0.328. The summed E-state index contributed by atoms with van der Waals surface area (Å²) in [5.41, 5.74) is 7.65. The molecule has 0 aliphatic carbocycles. The quantitative estimate of drug-likeness (QED) is 0.666. The largest absolute Gasteiger partial charge is 0.390 e. The third-order valence-corrected chi connectivity index (χ3v) is 1.89. The summed E-state index contributed by atoms with van der Waals surface area (Å²) in [6, 6.07) is 4.94. The molecule has 0 aromatic heterocycles. The maximum atomic E-state index is 13.4. The molecule has 15 heavy (non-hydrogen) atoms. The molecule has 0 aliphatic rings. The van der Waals surface area contributed by atoms with Gasteiger partial charge in [0, 0.05) is 6.20 Å². The number of aryl methyl sites for hydroxylation is 1. The SMILES string of the molecule is Cc1cccc(N/C=C(/CO)N=N)c1F. The monoisotopic (exact) mass is 209 g/mol. The number of rotatable bonds is 4. The van der Waals surface area contributed by atoms with Gasteiger partial charge in [-0.1, -0.05) is 12.1 Å². The van der Waals surface area contributed by atoms with Crippen molar-refractivity contribution in [2.24, 2.45) is 5.11 Å². The van der Waals surface area contributed by atoms with Gasteiger partial charge in [-0.2, -0.15) is 5.11 Å². The average molecular weight is 209 g/mol. The number of benzene rings is 1. The molecule has 1 rings (SSSR count). The summed E-state index contributed by atoms with van der Waals surface area (Å²) in [5, 5.41) is 14.4. The van der Waals surface area contributed by atoms with E-state index in [1.165, 1.54) is 6.20 Å². The smallest absolute Gasteiger partial charge is 0.149 e. The minimum atomic E-state index is -0.357. The number of hydrogen-bond donors (Lipinski definition) is 3. The molecule has 80 valence electrons. The summed E-state index contributed by atoms with van der Waals surface area (Å²) in [7, 11) is 0. The molecule has 0 heterocycles. The van der Waals surface area contributed by atoms with Crippen LogP contribution < -0.4 is 5.32 Å². The molecule has 4 nitrogen and oxygen atoms in total. The standard InChI is InChI=1S/C10H12FN3O/c1-7-3-2-4-9(10(7)11)13-5-8(6-15)14-12/h2-5,12-13,15H,6H2,1H3/b8-5-,14-12?.